The zero-order valence-corrected chi connectivity index (χ0v) is 14.0. The molecule has 0 saturated carbocycles. The number of imidazole rings is 1. The maximum absolute atomic E-state index is 13.7. The van der Waals surface area contributed by atoms with Gasteiger partial charge in [-0.15, -0.1) is 0 Å². The lowest BCUT2D eigenvalue weighted by Crippen LogP contribution is -2.31. The molecule has 0 radical (unpaired) electrons. The van der Waals surface area contributed by atoms with Crippen molar-refractivity contribution in [2.24, 2.45) is 12.8 Å². The van der Waals surface area contributed by atoms with Crippen LogP contribution in [-0.4, -0.2) is 21.4 Å². The fraction of sp³-hybridized carbons (Fsp3) is 0.105. The maximum Gasteiger partial charge on any atom is 0.252 e. The average molecular weight is 352 g/mol. The first-order valence-electron chi connectivity index (χ1n) is 7.89. The van der Waals surface area contributed by atoms with E-state index in [-0.39, 0.29) is 5.91 Å². The first-order valence-corrected chi connectivity index (χ1v) is 7.89. The fourth-order valence-corrected chi connectivity index (χ4v) is 2.64. The summed E-state index contributed by atoms with van der Waals surface area (Å²) >= 11 is 0. The molecular formula is C19H17FN4O2. The molecule has 1 aromatic heterocycles. The van der Waals surface area contributed by atoms with Crippen LogP contribution in [-0.2, 0) is 7.05 Å². The van der Waals surface area contributed by atoms with Crippen LogP contribution >= 0.6 is 0 Å². The van der Waals surface area contributed by atoms with Crippen LogP contribution in [0.3, 0.4) is 0 Å². The molecule has 0 saturated heterocycles. The van der Waals surface area contributed by atoms with E-state index >= 15 is 0 Å². The highest BCUT2D eigenvalue weighted by molar-refractivity contribution is 5.97. The Morgan fingerprint density at radius 3 is 2.42 bits per heavy atom. The predicted molar refractivity (Wildman–Crippen MR) is 93.9 cm³/mol. The van der Waals surface area contributed by atoms with Crippen molar-refractivity contribution in [2.75, 3.05) is 0 Å². The number of carbonyl (C=O) groups excluding carboxylic acids is 2. The summed E-state index contributed by atoms with van der Waals surface area (Å²) in [5.41, 5.74) is 6.44. The molecule has 0 bridgehead atoms. The number of hydrogen-bond acceptors (Lipinski definition) is 3. The second kappa shape index (κ2) is 7.18. The summed E-state index contributed by atoms with van der Waals surface area (Å²) in [5, 5.41) is 2.86. The summed E-state index contributed by atoms with van der Waals surface area (Å²) in [6.07, 6.45) is 3.35. The van der Waals surface area contributed by atoms with Gasteiger partial charge in [0.25, 0.3) is 5.91 Å². The number of rotatable bonds is 5. The van der Waals surface area contributed by atoms with Crippen molar-refractivity contribution >= 4 is 11.8 Å². The van der Waals surface area contributed by atoms with Crippen LogP contribution in [0.2, 0.25) is 0 Å². The van der Waals surface area contributed by atoms with E-state index in [9.17, 15) is 14.0 Å². The molecule has 2 amide bonds. The number of primary amides is 1. The van der Waals surface area contributed by atoms with Crippen LogP contribution in [0.15, 0.2) is 60.9 Å². The van der Waals surface area contributed by atoms with E-state index in [1.54, 1.807) is 36.1 Å². The van der Waals surface area contributed by atoms with Crippen molar-refractivity contribution in [2.45, 2.75) is 6.04 Å². The summed E-state index contributed by atoms with van der Waals surface area (Å²) in [6, 6.07) is 11.3. The first-order chi connectivity index (χ1) is 12.5. The third-order valence-electron chi connectivity index (χ3n) is 4.01. The minimum Gasteiger partial charge on any atom is -0.366 e. The molecule has 0 aliphatic rings. The monoisotopic (exact) mass is 352 g/mol. The van der Waals surface area contributed by atoms with E-state index in [1.807, 2.05) is 0 Å². The van der Waals surface area contributed by atoms with Gasteiger partial charge in [0.05, 0.1) is 0 Å². The first kappa shape index (κ1) is 17.3. The highest BCUT2D eigenvalue weighted by atomic mass is 19.1. The highest BCUT2D eigenvalue weighted by Crippen LogP contribution is 2.22. The molecule has 1 unspecified atom stereocenters. The molecule has 7 heteroatoms. The lowest BCUT2D eigenvalue weighted by Gasteiger charge is -2.19. The Kier molecular flexibility index (Phi) is 4.79. The Balaban J connectivity index is 1.92. The van der Waals surface area contributed by atoms with E-state index < -0.39 is 17.8 Å². The van der Waals surface area contributed by atoms with Gasteiger partial charge >= 0.3 is 0 Å². The number of carbonyl (C=O) groups is 2. The van der Waals surface area contributed by atoms with Crippen LogP contribution < -0.4 is 11.1 Å². The van der Waals surface area contributed by atoms with Crippen molar-refractivity contribution in [3.05, 3.63) is 89.3 Å². The minimum atomic E-state index is -0.631. The van der Waals surface area contributed by atoms with Gasteiger partial charge in [-0.25, -0.2) is 9.37 Å². The Hall–Kier alpha value is -3.48. The van der Waals surface area contributed by atoms with Gasteiger partial charge in [-0.3, -0.25) is 9.59 Å². The van der Waals surface area contributed by atoms with Crippen molar-refractivity contribution in [1.29, 1.82) is 0 Å². The normalized spacial score (nSPS) is 11.8. The Labute approximate surface area is 149 Å². The standard InChI is InChI=1S/C19H17FN4O2/c1-24-10-9-22-18(24)16(14-3-2-4-15(20)11-14)23-19(26)13-7-5-12(6-8-13)17(21)25/h2-11,16H,1H3,(H2,21,25)(H,23,26). The maximum atomic E-state index is 13.7. The Morgan fingerprint density at radius 1 is 1.15 bits per heavy atom. The van der Waals surface area contributed by atoms with Gasteiger partial charge in [0, 0.05) is 30.6 Å². The zero-order valence-electron chi connectivity index (χ0n) is 14.0. The third kappa shape index (κ3) is 3.61. The van der Waals surface area contributed by atoms with Gasteiger partial charge in [-0.05, 0) is 42.0 Å². The van der Waals surface area contributed by atoms with E-state index in [0.29, 0.717) is 22.5 Å². The largest absolute Gasteiger partial charge is 0.366 e. The van der Waals surface area contributed by atoms with Gasteiger partial charge in [-0.2, -0.15) is 0 Å². The van der Waals surface area contributed by atoms with Crippen molar-refractivity contribution in [1.82, 2.24) is 14.9 Å². The molecule has 6 nitrogen and oxygen atoms in total. The summed E-state index contributed by atoms with van der Waals surface area (Å²) < 4.78 is 15.4. The van der Waals surface area contributed by atoms with Crippen LogP contribution in [0.25, 0.3) is 0 Å². The average Bonchev–Trinajstić information content (AvgIpc) is 3.05. The quantitative estimate of drug-likeness (QED) is 0.737. The smallest absolute Gasteiger partial charge is 0.252 e. The topological polar surface area (TPSA) is 90.0 Å². The molecule has 3 aromatic rings. The van der Waals surface area contributed by atoms with E-state index in [2.05, 4.69) is 10.3 Å². The molecular weight excluding hydrogens is 335 g/mol. The number of nitrogens with zero attached hydrogens (tertiary/aromatic N) is 2. The van der Waals surface area contributed by atoms with Gasteiger partial charge in [0.1, 0.15) is 17.7 Å². The van der Waals surface area contributed by atoms with Crippen LogP contribution in [0, 0.1) is 5.82 Å². The SMILES string of the molecule is Cn1ccnc1C(NC(=O)c1ccc(C(N)=O)cc1)c1cccc(F)c1. The Bertz CT molecular complexity index is 950. The number of benzene rings is 2. The van der Waals surface area contributed by atoms with Gasteiger partial charge in [-0.1, -0.05) is 12.1 Å². The number of aryl methyl sites for hydroxylation is 1. The van der Waals surface area contributed by atoms with Crippen molar-refractivity contribution in [3.63, 3.8) is 0 Å². The Morgan fingerprint density at radius 2 is 1.85 bits per heavy atom. The van der Waals surface area contributed by atoms with Crippen LogP contribution in [0.1, 0.15) is 38.1 Å². The number of halogens is 1. The lowest BCUT2D eigenvalue weighted by molar-refractivity contribution is 0.0938. The molecule has 26 heavy (non-hydrogen) atoms. The number of aromatic nitrogens is 2. The fourth-order valence-electron chi connectivity index (χ4n) is 2.64. The van der Waals surface area contributed by atoms with E-state index in [1.165, 1.54) is 36.4 Å². The minimum absolute atomic E-state index is 0.312. The highest BCUT2D eigenvalue weighted by Gasteiger charge is 2.22. The number of nitrogens with one attached hydrogen (secondary N) is 1. The molecule has 3 N–H and O–H groups in total. The zero-order chi connectivity index (χ0) is 18.7. The van der Waals surface area contributed by atoms with Crippen molar-refractivity contribution < 1.29 is 14.0 Å². The van der Waals surface area contributed by atoms with Crippen LogP contribution in [0.5, 0.6) is 0 Å². The molecule has 0 spiro atoms. The summed E-state index contributed by atoms with van der Waals surface area (Å²) in [4.78, 5) is 28.1. The van der Waals surface area contributed by atoms with Gasteiger partial charge in [0.2, 0.25) is 5.91 Å². The summed E-state index contributed by atoms with van der Waals surface area (Å²) in [7, 11) is 1.79. The second-order valence-corrected chi connectivity index (χ2v) is 5.80. The number of amides is 2. The van der Waals surface area contributed by atoms with Crippen LogP contribution in [0.4, 0.5) is 4.39 Å². The molecule has 0 aliphatic heterocycles. The van der Waals surface area contributed by atoms with E-state index in [0.717, 1.165) is 0 Å². The van der Waals surface area contributed by atoms with Gasteiger partial charge < -0.3 is 15.6 Å². The molecule has 1 heterocycles. The number of nitrogens with two attached hydrogens (primary N) is 1. The number of hydrogen-bond donors (Lipinski definition) is 2. The van der Waals surface area contributed by atoms with Gasteiger partial charge in [0.15, 0.2) is 0 Å². The molecule has 2 aromatic carbocycles. The third-order valence-corrected chi connectivity index (χ3v) is 4.01. The molecule has 132 valence electrons. The molecule has 3 rings (SSSR count). The summed E-state index contributed by atoms with van der Waals surface area (Å²) in [6.45, 7) is 0. The second-order valence-electron chi connectivity index (χ2n) is 5.80. The van der Waals surface area contributed by atoms with E-state index in [4.69, 9.17) is 5.73 Å². The summed E-state index contributed by atoms with van der Waals surface area (Å²) in [5.74, 6) is -0.777. The van der Waals surface area contributed by atoms with Crippen molar-refractivity contribution in [3.8, 4) is 0 Å². The predicted octanol–water partition coefficient (Wildman–Crippen LogP) is 2.18. The lowest BCUT2D eigenvalue weighted by atomic mass is 10.0. The molecule has 1 atom stereocenters. The molecule has 0 aliphatic carbocycles. The molecule has 0 fully saturated rings.